The summed E-state index contributed by atoms with van der Waals surface area (Å²) >= 11 is 0. The molecule has 1 aromatic carbocycles. The number of benzene rings is 1. The van der Waals surface area contributed by atoms with Crippen molar-refractivity contribution < 1.29 is 14.9 Å². The molecule has 1 aliphatic rings. The third-order valence-electron chi connectivity index (χ3n) is 4.09. The first-order valence-corrected chi connectivity index (χ1v) is 7.55. The van der Waals surface area contributed by atoms with Crippen LogP contribution in [-0.2, 0) is 13.0 Å². The fraction of sp³-hybridized carbons (Fsp3) is 0.529. The van der Waals surface area contributed by atoms with Crippen LogP contribution in [0.4, 0.5) is 0 Å². The van der Waals surface area contributed by atoms with E-state index in [1.54, 1.807) is 13.2 Å². The van der Waals surface area contributed by atoms with E-state index in [0.29, 0.717) is 18.2 Å². The quantitative estimate of drug-likeness (QED) is 0.705. The third-order valence-corrected chi connectivity index (χ3v) is 4.09. The number of hydrogen-bond donors (Lipinski definition) is 3. The number of phenols is 1. The topological polar surface area (TPSA) is 61.7 Å². The number of aromatic hydroxyl groups is 1. The van der Waals surface area contributed by atoms with Crippen LogP contribution in [0.3, 0.4) is 0 Å². The van der Waals surface area contributed by atoms with Crippen molar-refractivity contribution in [2.24, 2.45) is 0 Å². The molecule has 0 saturated heterocycles. The largest absolute Gasteiger partial charge is 0.504 e. The second-order valence-electron chi connectivity index (χ2n) is 5.68. The summed E-state index contributed by atoms with van der Waals surface area (Å²) < 4.78 is 5.23. The Morgan fingerprint density at radius 1 is 1.33 bits per heavy atom. The summed E-state index contributed by atoms with van der Waals surface area (Å²) in [4.78, 5) is 0. The Hall–Kier alpha value is -1.52. The lowest BCUT2D eigenvalue weighted by Gasteiger charge is -2.26. The Morgan fingerprint density at radius 2 is 2.05 bits per heavy atom. The summed E-state index contributed by atoms with van der Waals surface area (Å²) in [5.74, 6) is 0.701. The molecule has 0 bridgehead atoms. The van der Waals surface area contributed by atoms with Crippen LogP contribution in [0.15, 0.2) is 24.8 Å². The summed E-state index contributed by atoms with van der Waals surface area (Å²) in [6, 6.07) is 4.31. The Labute approximate surface area is 126 Å². The molecule has 0 atom stereocenters. The molecule has 4 heteroatoms. The van der Waals surface area contributed by atoms with Gasteiger partial charge in [-0.15, -0.1) is 6.58 Å². The van der Waals surface area contributed by atoms with Gasteiger partial charge in [0, 0.05) is 18.2 Å². The van der Waals surface area contributed by atoms with E-state index in [1.807, 2.05) is 12.1 Å². The molecule has 0 spiro atoms. The van der Waals surface area contributed by atoms with E-state index in [1.165, 1.54) is 0 Å². The van der Waals surface area contributed by atoms with Crippen LogP contribution >= 0.6 is 0 Å². The van der Waals surface area contributed by atoms with Gasteiger partial charge in [-0.2, -0.15) is 0 Å². The molecule has 2 rings (SSSR count). The van der Waals surface area contributed by atoms with E-state index in [4.69, 9.17) is 4.74 Å². The average molecular weight is 291 g/mol. The van der Waals surface area contributed by atoms with E-state index in [9.17, 15) is 10.2 Å². The van der Waals surface area contributed by atoms with Crippen molar-refractivity contribution in [2.45, 2.75) is 50.8 Å². The van der Waals surface area contributed by atoms with Crippen LogP contribution in [0.25, 0.3) is 0 Å². The minimum absolute atomic E-state index is 0.129. The van der Waals surface area contributed by atoms with Gasteiger partial charge in [0.1, 0.15) is 0 Å². The highest BCUT2D eigenvalue weighted by Gasteiger charge is 2.19. The lowest BCUT2D eigenvalue weighted by molar-refractivity contribution is 0.116. The lowest BCUT2D eigenvalue weighted by atomic mass is 9.93. The fourth-order valence-electron chi connectivity index (χ4n) is 2.84. The standard InChI is InChI=1S/C17H25NO3/c1-3-4-13-9-12(10-16(21-2)17(13)20)11-18-14-5-7-15(19)8-6-14/h3,9-10,14-15,18-20H,1,4-8,11H2,2H3. The zero-order valence-corrected chi connectivity index (χ0v) is 12.6. The number of ether oxygens (including phenoxy) is 1. The molecular formula is C17H25NO3. The van der Waals surface area contributed by atoms with E-state index in [0.717, 1.165) is 43.4 Å². The van der Waals surface area contributed by atoms with Gasteiger partial charge in [0.15, 0.2) is 11.5 Å². The zero-order chi connectivity index (χ0) is 15.2. The number of phenolic OH excluding ortho intramolecular Hbond substituents is 1. The van der Waals surface area contributed by atoms with Crippen molar-refractivity contribution in [3.05, 3.63) is 35.9 Å². The zero-order valence-electron chi connectivity index (χ0n) is 12.6. The molecule has 116 valence electrons. The van der Waals surface area contributed by atoms with E-state index in [2.05, 4.69) is 11.9 Å². The van der Waals surface area contributed by atoms with Crippen LogP contribution < -0.4 is 10.1 Å². The minimum Gasteiger partial charge on any atom is -0.504 e. The van der Waals surface area contributed by atoms with Gasteiger partial charge in [-0.05, 0) is 43.7 Å². The van der Waals surface area contributed by atoms with Gasteiger partial charge in [0.2, 0.25) is 0 Å². The van der Waals surface area contributed by atoms with Crippen molar-refractivity contribution >= 4 is 0 Å². The van der Waals surface area contributed by atoms with Crippen LogP contribution in [0.5, 0.6) is 11.5 Å². The highest BCUT2D eigenvalue weighted by Crippen LogP contribution is 2.32. The lowest BCUT2D eigenvalue weighted by Crippen LogP contribution is -2.34. The van der Waals surface area contributed by atoms with Gasteiger partial charge in [0.25, 0.3) is 0 Å². The summed E-state index contributed by atoms with van der Waals surface area (Å²) in [7, 11) is 1.56. The maximum atomic E-state index is 10.1. The van der Waals surface area contributed by atoms with Crippen molar-refractivity contribution in [1.82, 2.24) is 5.32 Å². The Kier molecular flexibility index (Phi) is 5.65. The molecular weight excluding hydrogens is 266 g/mol. The number of rotatable bonds is 6. The molecule has 1 aliphatic carbocycles. The number of nitrogens with one attached hydrogen (secondary N) is 1. The molecule has 1 saturated carbocycles. The number of methoxy groups -OCH3 is 1. The highest BCUT2D eigenvalue weighted by atomic mass is 16.5. The summed E-state index contributed by atoms with van der Waals surface area (Å²) in [6.45, 7) is 4.46. The predicted molar refractivity (Wildman–Crippen MR) is 83.7 cm³/mol. The van der Waals surface area contributed by atoms with Crippen molar-refractivity contribution in [2.75, 3.05) is 7.11 Å². The number of aliphatic hydroxyl groups is 1. The molecule has 0 heterocycles. The molecule has 4 nitrogen and oxygen atoms in total. The molecule has 0 unspecified atom stereocenters. The van der Waals surface area contributed by atoms with Gasteiger partial charge >= 0.3 is 0 Å². The second-order valence-corrected chi connectivity index (χ2v) is 5.68. The normalized spacial score (nSPS) is 22.0. The summed E-state index contributed by atoms with van der Waals surface area (Å²) in [5.41, 5.74) is 1.92. The van der Waals surface area contributed by atoms with Gasteiger partial charge in [0.05, 0.1) is 13.2 Å². The Morgan fingerprint density at radius 3 is 2.67 bits per heavy atom. The van der Waals surface area contributed by atoms with E-state index in [-0.39, 0.29) is 11.9 Å². The van der Waals surface area contributed by atoms with Crippen molar-refractivity contribution in [3.63, 3.8) is 0 Å². The number of hydrogen-bond acceptors (Lipinski definition) is 4. The molecule has 0 aromatic heterocycles. The maximum Gasteiger partial charge on any atom is 0.161 e. The Bertz CT molecular complexity index is 479. The second kappa shape index (κ2) is 7.48. The van der Waals surface area contributed by atoms with E-state index < -0.39 is 0 Å². The summed E-state index contributed by atoms with van der Waals surface area (Å²) in [6.07, 6.45) is 6.03. The first-order valence-electron chi connectivity index (χ1n) is 7.55. The highest BCUT2D eigenvalue weighted by molar-refractivity contribution is 5.49. The monoisotopic (exact) mass is 291 g/mol. The first-order chi connectivity index (χ1) is 10.1. The molecule has 0 amide bonds. The van der Waals surface area contributed by atoms with Gasteiger partial charge in [-0.1, -0.05) is 12.1 Å². The number of allylic oxidation sites excluding steroid dienone is 1. The smallest absolute Gasteiger partial charge is 0.161 e. The van der Waals surface area contributed by atoms with Crippen LogP contribution in [-0.4, -0.2) is 29.5 Å². The number of aliphatic hydroxyl groups excluding tert-OH is 1. The minimum atomic E-state index is -0.129. The maximum absolute atomic E-state index is 10.1. The average Bonchev–Trinajstić information content (AvgIpc) is 2.49. The van der Waals surface area contributed by atoms with Gasteiger partial charge in [-0.25, -0.2) is 0 Å². The molecule has 21 heavy (non-hydrogen) atoms. The summed E-state index contributed by atoms with van der Waals surface area (Å²) in [5, 5.41) is 23.1. The molecule has 1 aromatic rings. The Balaban J connectivity index is 2.02. The predicted octanol–water partition coefficient (Wildman–Crippen LogP) is 2.52. The van der Waals surface area contributed by atoms with Crippen molar-refractivity contribution in [3.8, 4) is 11.5 Å². The fourth-order valence-corrected chi connectivity index (χ4v) is 2.84. The third kappa shape index (κ3) is 4.22. The molecule has 0 radical (unpaired) electrons. The van der Waals surface area contributed by atoms with E-state index >= 15 is 0 Å². The molecule has 0 aliphatic heterocycles. The van der Waals surface area contributed by atoms with Crippen molar-refractivity contribution in [1.29, 1.82) is 0 Å². The van der Waals surface area contributed by atoms with Crippen LogP contribution in [0.1, 0.15) is 36.8 Å². The first kappa shape index (κ1) is 15.9. The SMILES string of the molecule is C=CCc1cc(CNC2CCC(O)CC2)cc(OC)c1O. The van der Waals surface area contributed by atoms with Gasteiger partial charge < -0.3 is 20.3 Å². The molecule has 1 fully saturated rings. The van der Waals surface area contributed by atoms with Crippen LogP contribution in [0.2, 0.25) is 0 Å². The van der Waals surface area contributed by atoms with Crippen LogP contribution in [0, 0.1) is 0 Å². The van der Waals surface area contributed by atoms with Gasteiger partial charge in [-0.3, -0.25) is 0 Å². The molecule has 3 N–H and O–H groups in total.